The predicted octanol–water partition coefficient (Wildman–Crippen LogP) is 3.87. The molecule has 0 amide bonds. The first kappa shape index (κ1) is 16.4. The Morgan fingerprint density at radius 3 is 2.77 bits per heavy atom. The van der Waals surface area contributed by atoms with Crippen molar-refractivity contribution in [1.82, 2.24) is 9.97 Å². The second-order valence-electron chi connectivity index (χ2n) is 6.57. The van der Waals surface area contributed by atoms with Gasteiger partial charge in [-0.1, -0.05) is 24.3 Å². The van der Waals surface area contributed by atoms with Crippen molar-refractivity contribution in [3.8, 4) is 22.6 Å². The number of hydrogen-bond donors (Lipinski definition) is 1. The summed E-state index contributed by atoms with van der Waals surface area (Å²) in [4.78, 5) is 11.0. The monoisotopic (exact) mass is 347 g/mol. The van der Waals surface area contributed by atoms with E-state index < -0.39 is 0 Å². The van der Waals surface area contributed by atoms with E-state index in [-0.39, 0.29) is 5.75 Å². The molecule has 1 N–H and O–H groups in total. The number of rotatable bonds is 2. The largest absolute Gasteiger partial charge is 0.504 e. The first-order chi connectivity index (χ1) is 12.6. The summed E-state index contributed by atoms with van der Waals surface area (Å²) in [5.74, 6) is 1.41. The van der Waals surface area contributed by atoms with Crippen molar-refractivity contribution in [3.05, 3.63) is 65.5 Å². The molecule has 0 saturated carbocycles. The normalized spacial score (nSPS) is 13.7. The molecule has 132 valence electrons. The fraction of sp³-hybridized carbons (Fsp3) is 0.238. The Morgan fingerprint density at radius 1 is 1.12 bits per heavy atom. The van der Waals surface area contributed by atoms with Crippen molar-refractivity contribution in [2.24, 2.45) is 0 Å². The van der Waals surface area contributed by atoms with Gasteiger partial charge in [-0.05, 0) is 48.7 Å². The highest BCUT2D eigenvalue weighted by atomic mass is 16.5. The van der Waals surface area contributed by atoms with E-state index in [1.54, 1.807) is 12.3 Å². The van der Waals surface area contributed by atoms with Gasteiger partial charge >= 0.3 is 0 Å². The van der Waals surface area contributed by atoms with E-state index in [0.29, 0.717) is 31.4 Å². The number of aryl methyl sites for hydroxylation is 2. The van der Waals surface area contributed by atoms with Gasteiger partial charge in [0.1, 0.15) is 6.61 Å². The molecule has 0 aliphatic carbocycles. The van der Waals surface area contributed by atoms with Crippen LogP contribution in [0.4, 0.5) is 5.95 Å². The maximum absolute atomic E-state index is 10.5. The standard InChI is InChI=1S/C21H21N3O2/c1-14-5-3-4-6-18(14)16-11-17-13-24(21-22-8-7-15(2)23-21)9-10-26-20(17)19(25)12-16/h3-8,11-12,25H,9-10,13H2,1-2H3. The van der Waals surface area contributed by atoms with E-state index in [2.05, 4.69) is 40.0 Å². The Balaban J connectivity index is 1.76. The lowest BCUT2D eigenvalue weighted by molar-refractivity contribution is 0.311. The summed E-state index contributed by atoms with van der Waals surface area (Å²) < 4.78 is 5.84. The van der Waals surface area contributed by atoms with Crippen LogP contribution in [0.5, 0.6) is 11.5 Å². The average Bonchev–Trinajstić information content (AvgIpc) is 2.85. The highest BCUT2D eigenvalue weighted by Gasteiger charge is 2.21. The summed E-state index contributed by atoms with van der Waals surface area (Å²) in [5, 5.41) is 10.5. The van der Waals surface area contributed by atoms with Crippen LogP contribution in [0.2, 0.25) is 0 Å². The number of benzene rings is 2. The van der Waals surface area contributed by atoms with Gasteiger partial charge in [0, 0.05) is 24.0 Å². The van der Waals surface area contributed by atoms with E-state index in [1.807, 2.05) is 25.1 Å². The number of aromatic nitrogens is 2. The molecule has 1 aliphatic rings. The Kier molecular flexibility index (Phi) is 4.21. The van der Waals surface area contributed by atoms with Gasteiger partial charge in [-0.25, -0.2) is 9.97 Å². The van der Waals surface area contributed by atoms with Crippen LogP contribution in [0.15, 0.2) is 48.7 Å². The molecule has 2 heterocycles. The van der Waals surface area contributed by atoms with Gasteiger partial charge in [0.2, 0.25) is 5.95 Å². The fourth-order valence-corrected chi connectivity index (χ4v) is 3.31. The number of aromatic hydroxyl groups is 1. The van der Waals surface area contributed by atoms with Crippen molar-refractivity contribution in [3.63, 3.8) is 0 Å². The topological polar surface area (TPSA) is 58.5 Å². The zero-order valence-corrected chi connectivity index (χ0v) is 14.9. The summed E-state index contributed by atoms with van der Waals surface area (Å²) in [5.41, 5.74) is 5.12. The minimum atomic E-state index is 0.174. The van der Waals surface area contributed by atoms with E-state index in [4.69, 9.17) is 4.74 Å². The molecule has 1 aromatic heterocycles. The number of fused-ring (bicyclic) bond motifs is 1. The maximum Gasteiger partial charge on any atom is 0.225 e. The smallest absolute Gasteiger partial charge is 0.225 e. The van der Waals surface area contributed by atoms with Crippen LogP contribution in [0.25, 0.3) is 11.1 Å². The number of hydrogen-bond acceptors (Lipinski definition) is 5. The molecule has 4 rings (SSSR count). The molecule has 0 spiro atoms. The molecule has 2 aromatic carbocycles. The zero-order valence-electron chi connectivity index (χ0n) is 14.9. The molecule has 1 aliphatic heterocycles. The molecule has 0 bridgehead atoms. The van der Waals surface area contributed by atoms with Gasteiger partial charge in [-0.3, -0.25) is 0 Å². The summed E-state index contributed by atoms with van der Waals surface area (Å²) >= 11 is 0. The zero-order chi connectivity index (χ0) is 18.1. The van der Waals surface area contributed by atoms with Crippen LogP contribution in [-0.4, -0.2) is 28.2 Å². The minimum Gasteiger partial charge on any atom is -0.504 e. The molecule has 0 radical (unpaired) electrons. The van der Waals surface area contributed by atoms with Crippen LogP contribution in [0.3, 0.4) is 0 Å². The molecule has 0 atom stereocenters. The van der Waals surface area contributed by atoms with E-state index >= 15 is 0 Å². The molecule has 5 nitrogen and oxygen atoms in total. The number of nitrogens with zero attached hydrogens (tertiary/aromatic N) is 3. The Bertz CT molecular complexity index is 956. The molecule has 0 saturated heterocycles. The first-order valence-corrected chi connectivity index (χ1v) is 8.71. The SMILES string of the molecule is Cc1ccnc(N2CCOc3c(O)cc(-c4ccccc4C)cc3C2)n1. The maximum atomic E-state index is 10.5. The molecule has 0 fully saturated rings. The summed E-state index contributed by atoms with van der Waals surface area (Å²) in [7, 11) is 0. The van der Waals surface area contributed by atoms with Gasteiger partial charge in [0.15, 0.2) is 11.5 Å². The van der Waals surface area contributed by atoms with Gasteiger partial charge in [-0.2, -0.15) is 0 Å². The van der Waals surface area contributed by atoms with E-state index in [0.717, 1.165) is 22.4 Å². The summed E-state index contributed by atoms with van der Waals surface area (Å²) in [6, 6.07) is 13.9. The Labute approximate surface area is 152 Å². The van der Waals surface area contributed by atoms with Crippen LogP contribution in [0, 0.1) is 13.8 Å². The lowest BCUT2D eigenvalue weighted by atomic mass is 9.98. The third-order valence-electron chi connectivity index (χ3n) is 4.64. The van der Waals surface area contributed by atoms with Crippen LogP contribution in [0.1, 0.15) is 16.8 Å². The highest BCUT2D eigenvalue weighted by molar-refractivity contribution is 5.72. The summed E-state index contributed by atoms with van der Waals surface area (Å²) in [6.07, 6.45) is 1.77. The Hall–Kier alpha value is -3.08. The average molecular weight is 347 g/mol. The van der Waals surface area contributed by atoms with Crippen LogP contribution in [-0.2, 0) is 6.54 Å². The minimum absolute atomic E-state index is 0.174. The predicted molar refractivity (Wildman–Crippen MR) is 102 cm³/mol. The van der Waals surface area contributed by atoms with Gasteiger partial charge in [0.05, 0.1) is 6.54 Å². The van der Waals surface area contributed by atoms with Gasteiger partial charge in [0.25, 0.3) is 0 Å². The molecular weight excluding hydrogens is 326 g/mol. The quantitative estimate of drug-likeness (QED) is 0.763. The second kappa shape index (κ2) is 6.67. The third-order valence-corrected chi connectivity index (χ3v) is 4.64. The van der Waals surface area contributed by atoms with Crippen LogP contribution < -0.4 is 9.64 Å². The van der Waals surface area contributed by atoms with Crippen molar-refractivity contribution in [2.45, 2.75) is 20.4 Å². The lowest BCUT2D eigenvalue weighted by Crippen LogP contribution is -2.27. The number of ether oxygens (including phenoxy) is 1. The third kappa shape index (κ3) is 3.08. The van der Waals surface area contributed by atoms with Crippen molar-refractivity contribution in [1.29, 1.82) is 0 Å². The summed E-state index contributed by atoms with van der Waals surface area (Å²) in [6.45, 7) is 5.75. The molecule has 3 aromatic rings. The second-order valence-corrected chi connectivity index (χ2v) is 6.57. The number of anilines is 1. The van der Waals surface area contributed by atoms with Crippen LogP contribution >= 0.6 is 0 Å². The lowest BCUT2D eigenvalue weighted by Gasteiger charge is -2.20. The molecular formula is C21H21N3O2. The molecule has 0 unspecified atom stereocenters. The molecule has 26 heavy (non-hydrogen) atoms. The fourth-order valence-electron chi connectivity index (χ4n) is 3.31. The molecule has 5 heteroatoms. The Morgan fingerprint density at radius 2 is 1.96 bits per heavy atom. The highest BCUT2D eigenvalue weighted by Crippen LogP contribution is 2.38. The van der Waals surface area contributed by atoms with Crippen molar-refractivity contribution >= 4 is 5.95 Å². The van der Waals surface area contributed by atoms with Crippen molar-refractivity contribution in [2.75, 3.05) is 18.1 Å². The van der Waals surface area contributed by atoms with E-state index in [1.165, 1.54) is 5.56 Å². The van der Waals surface area contributed by atoms with E-state index in [9.17, 15) is 5.11 Å². The number of phenolic OH excluding ortho intramolecular Hbond substituents is 1. The van der Waals surface area contributed by atoms with Gasteiger partial charge < -0.3 is 14.7 Å². The first-order valence-electron chi connectivity index (χ1n) is 8.71. The van der Waals surface area contributed by atoms with Crippen molar-refractivity contribution < 1.29 is 9.84 Å². The number of phenols is 1. The van der Waals surface area contributed by atoms with Gasteiger partial charge in [-0.15, -0.1) is 0 Å².